The monoisotopic (exact) mass is 1810 g/mol. The van der Waals surface area contributed by atoms with Crippen LogP contribution in [0, 0.1) is 0 Å². The normalized spacial score (nSPS) is 14.5. The lowest BCUT2D eigenvalue weighted by molar-refractivity contribution is 0.299. The van der Waals surface area contributed by atoms with Crippen LogP contribution < -0.4 is 0 Å². The SMILES string of the molecule is CC1(C)c2cc(-c3ccccc3)ccc2-c2c(-c3nc4ccccc4nc3-c3ccccc3)cccc2C1(C)C.CC1(C)c2ccc(-c3cccc(-c4ccccc4)c3)cc2-c2ccc(-c3nc(-c4ccccc4)nc(-c4ccc5sc6ccccc6c5c4)n3)cc2C1(C)C.CC1(C)c2ccc(-c3nc4c(ccc5ccccc54)nc3-c3ccccc3)cc2-c2cccc(-c3ccccc3)c2C1(C)C. The van der Waals surface area contributed by atoms with E-state index in [9.17, 15) is 0 Å². The second kappa shape index (κ2) is 34.1. The van der Waals surface area contributed by atoms with Crippen LogP contribution in [0.15, 0.2) is 419 Å². The molecule has 0 radical (unpaired) electrons. The van der Waals surface area contributed by atoms with Crippen LogP contribution in [0.5, 0.6) is 0 Å². The molecule has 18 aromatic carbocycles. The number of benzene rings is 18. The van der Waals surface area contributed by atoms with E-state index in [-0.39, 0.29) is 32.5 Å². The molecule has 4 aromatic heterocycles. The zero-order valence-corrected chi connectivity index (χ0v) is 81.2. The number of aromatic nitrogens is 7. The van der Waals surface area contributed by atoms with Crippen molar-refractivity contribution in [3.8, 4) is 157 Å². The van der Waals surface area contributed by atoms with Crippen molar-refractivity contribution in [2.75, 3.05) is 0 Å². The highest BCUT2D eigenvalue weighted by atomic mass is 32.1. The summed E-state index contributed by atoms with van der Waals surface area (Å²) in [5, 5.41) is 4.78. The van der Waals surface area contributed by atoms with Crippen LogP contribution in [0.4, 0.5) is 0 Å². The topological polar surface area (TPSA) is 90.2 Å². The molecule has 0 spiro atoms. The molecule has 3 aliphatic carbocycles. The van der Waals surface area contributed by atoms with Crippen molar-refractivity contribution in [1.82, 2.24) is 34.9 Å². The predicted octanol–water partition coefficient (Wildman–Crippen LogP) is 34.7. The maximum absolute atomic E-state index is 5.42. The van der Waals surface area contributed by atoms with E-state index in [1.54, 1.807) is 0 Å². The third-order valence-electron chi connectivity index (χ3n) is 31.5. The molecule has 0 saturated carbocycles. The first kappa shape index (κ1) is 87.2. The summed E-state index contributed by atoms with van der Waals surface area (Å²) >= 11 is 1.82. The molecule has 0 unspecified atom stereocenters. The van der Waals surface area contributed by atoms with Crippen molar-refractivity contribution < 1.29 is 0 Å². The molecule has 22 aromatic rings. The Balaban J connectivity index is 0.000000118. The first-order chi connectivity index (χ1) is 67.4. The van der Waals surface area contributed by atoms with Gasteiger partial charge in [-0.1, -0.05) is 429 Å². The zero-order valence-electron chi connectivity index (χ0n) is 80.4. The Hall–Kier alpha value is -15.9. The fourth-order valence-corrected chi connectivity index (χ4v) is 22.9. The summed E-state index contributed by atoms with van der Waals surface area (Å²) in [6.07, 6.45) is 0. The van der Waals surface area contributed by atoms with Crippen molar-refractivity contribution in [2.24, 2.45) is 0 Å². The maximum Gasteiger partial charge on any atom is 0.164 e. The van der Waals surface area contributed by atoms with E-state index in [0.29, 0.717) is 17.5 Å². The molecule has 0 atom stereocenters. The molecule has 7 nitrogen and oxygen atoms in total. The lowest BCUT2D eigenvalue weighted by atomic mass is 9.54. The highest BCUT2D eigenvalue weighted by Gasteiger charge is 2.50. The van der Waals surface area contributed by atoms with Gasteiger partial charge in [0.1, 0.15) is 0 Å². The van der Waals surface area contributed by atoms with Gasteiger partial charge < -0.3 is 0 Å². The van der Waals surface area contributed by atoms with Gasteiger partial charge in [-0.2, -0.15) is 0 Å². The third kappa shape index (κ3) is 14.9. The summed E-state index contributed by atoms with van der Waals surface area (Å²) in [6.45, 7) is 28.7. The van der Waals surface area contributed by atoms with Crippen molar-refractivity contribution in [3.63, 3.8) is 0 Å². The van der Waals surface area contributed by atoms with Gasteiger partial charge in [0.2, 0.25) is 0 Å². The fraction of sp³-hybridized carbons (Fsp3) is 0.137. The minimum absolute atomic E-state index is 0.0872. The summed E-state index contributed by atoms with van der Waals surface area (Å²) in [5.41, 5.74) is 39.6. The number of thiophene rings is 1. The second-order valence-electron chi connectivity index (χ2n) is 40.6. The van der Waals surface area contributed by atoms with Crippen LogP contribution in [0.3, 0.4) is 0 Å². The number of hydrogen-bond acceptors (Lipinski definition) is 8. The van der Waals surface area contributed by atoms with Crippen molar-refractivity contribution in [2.45, 2.75) is 116 Å². The highest BCUT2D eigenvalue weighted by Crippen LogP contribution is 2.61. The summed E-state index contributed by atoms with van der Waals surface area (Å²) in [6, 6.07) is 150. The highest BCUT2D eigenvalue weighted by molar-refractivity contribution is 7.25. The van der Waals surface area contributed by atoms with Gasteiger partial charge in [0.05, 0.1) is 44.8 Å². The molecule has 0 fully saturated rings. The van der Waals surface area contributed by atoms with Gasteiger partial charge in [0.25, 0.3) is 0 Å². The molecule has 0 saturated heterocycles. The van der Waals surface area contributed by atoms with E-state index in [1.807, 2.05) is 53.8 Å². The minimum Gasteiger partial charge on any atom is -0.244 e. The Kier molecular flexibility index (Phi) is 21.4. The lowest BCUT2D eigenvalue weighted by Gasteiger charge is -2.49. The zero-order chi connectivity index (χ0) is 94.9. The summed E-state index contributed by atoms with van der Waals surface area (Å²) in [4.78, 5) is 36.6. The molecule has 25 rings (SSSR count). The molecule has 0 bridgehead atoms. The second-order valence-corrected chi connectivity index (χ2v) is 41.7. The van der Waals surface area contributed by atoms with Gasteiger partial charge >= 0.3 is 0 Å². The molecule has 8 heteroatoms. The Morgan fingerprint density at radius 3 is 1.22 bits per heavy atom. The number of hydrogen-bond donors (Lipinski definition) is 0. The smallest absolute Gasteiger partial charge is 0.164 e. The standard InChI is InChI=1S/C51H39N3S.C42H34N2.C38H32N2/c1-50(2)43-26-23-36(35-19-13-18-34(28-35)32-14-7-5-8-15-32)29-41(43)39-25-22-38(31-44(39)51(50,3)4)49-53-47(33-16-9-6-10-17-33)52-48(54-49)37-24-27-46-42(30-37)40-20-11-12-21-45(40)55-46;1-41(2)35-24-22-30(26-34(35)33-21-13-20-31(37(33)42(41,3)4)27-14-7-5-8-15-27)39-38(29-17-9-6-10-18-29)43-36-25-23-28-16-11-12-19-32(28)40(36)44-39;1-37(2)30-19-13-18-29(36-35(26-16-9-6-10-17-26)39-32-20-11-12-21-33(32)40-36)34(30)28-23-22-27(24-31(28)38(37,3)4)25-14-7-5-8-15-25/h5-31H,1-4H3;5-26H,1-4H3;5-24H,1-4H3. The molecule has 0 aliphatic heterocycles. The first-order valence-corrected chi connectivity index (χ1v) is 49.2. The summed E-state index contributed by atoms with van der Waals surface area (Å²) in [7, 11) is 0. The molecule has 0 amide bonds. The van der Waals surface area contributed by atoms with Crippen LogP contribution in [0.2, 0.25) is 0 Å². The number of rotatable bonds is 11. The van der Waals surface area contributed by atoms with E-state index in [4.69, 9.17) is 34.9 Å². The Morgan fingerprint density at radius 1 is 0.180 bits per heavy atom. The molecule has 0 N–H and O–H groups in total. The quantitative estimate of drug-likeness (QED) is 0.119. The van der Waals surface area contributed by atoms with E-state index < -0.39 is 0 Å². The van der Waals surface area contributed by atoms with Crippen molar-refractivity contribution in [3.05, 3.63) is 452 Å². The maximum atomic E-state index is 5.42. The molecule has 4 heterocycles. The fourth-order valence-electron chi connectivity index (χ4n) is 21.8. The van der Waals surface area contributed by atoms with Crippen LogP contribution in [-0.4, -0.2) is 34.9 Å². The summed E-state index contributed by atoms with van der Waals surface area (Å²) < 4.78 is 2.54. The van der Waals surface area contributed by atoms with Gasteiger partial charge in [0.15, 0.2) is 17.5 Å². The van der Waals surface area contributed by atoms with Gasteiger partial charge in [-0.05, 0) is 217 Å². The van der Waals surface area contributed by atoms with Crippen molar-refractivity contribution >= 4 is 64.3 Å². The number of nitrogens with zero attached hydrogens (tertiary/aromatic N) is 7. The first-order valence-electron chi connectivity index (χ1n) is 48.4. The minimum atomic E-state index is -0.177. The Morgan fingerprint density at radius 2 is 0.576 bits per heavy atom. The molecular formula is C131H105N7S. The lowest BCUT2D eigenvalue weighted by Crippen LogP contribution is -2.44. The molecule has 670 valence electrons. The van der Waals surface area contributed by atoms with E-state index >= 15 is 0 Å². The van der Waals surface area contributed by atoms with Crippen LogP contribution in [0.1, 0.15) is 116 Å². The van der Waals surface area contributed by atoms with Crippen molar-refractivity contribution in [1.29, 1.82) is 0 Å². The Labute approximate surface area is 817 Å². The summed E-state index contributed by atoms with van der Waals surface area (Å²) in [5.74, 6) is 2.01. The third-order valence-corrected chi connectivity index (χ3v) is 32.7. The largest absolute Gasteiger partial charge is 0.244 e. The number of fused-ring (bicyclic) bond motifs is 16. The van der Waals surface area contributed by atoms with Crippen LogP contribution in [0.25, 0.3) is 210 Å². The van der Waals surface area contributed by atoms with E-state index in [1.165, 1.54) is 137 Å². The van der Waals surface area contributed by atoms with Crippen LogP contribution in [-0.2, 0) is 32.5 Å². The van der Waals surface area contributed by atoms with Gasteiger partial charge in [0, 0.05) is 69.9 Å². The molecular weight excluding hydrogens is 1700 g/mol. The van der Waals surface area contributed by atoms with Gasteiger partial charge in [-0.25, -0.2) is 34.9 Å². The number of para-hydroxylation sites is 2. The Bertz CT molecular complexity index is 8590. The average Bonchev–Trinajstić information content (AvgIpc) is 0.982. The van der Waals surface area contributed by atoms with Gasteiger partial charge in [-0.3, -0.25) is 0 Å². The predicted molar refractivity (Wildman–Crippen MR) is 584 cm³/mol. The van der Waals surface area contributed by atoms with Gasteiger partial charge in [-0.15, -0.1) is 11.3 Å². The molecule has 139 heavy (non-hydrogen) atoms. The van der Waals surface area contributed by atoms with E-state index in [2.05, 4.69) is 459 Å². The molecule has 3 aliphatic rings. The van der Waals surface area contributed by atoms with E-state index in [0.717, 1.165) is 89.2 Å². The van der Waals surface area contributed by atoms with Crippen LogP contribution >= 0.6 is 11.3 Å². The average molecular weight is 1810 g/mol.